The molecule has 2 rings (SSSR count). The number of hydrogen-bond donors (Lipinski definition) is 2. The van der Waals surface area contributed by atoms with Gasteiger partial charge in [-0.3, -0.25) is 0 Å². The molecule has 0 fully saturated rings. The lowest BCUT2D eigenvalue weighted by Gasteiger charge is -2.18. The highest BCUT2D eigenvalue weighted by atomic mass is 35.5. The standard InChI is InChI=1S/C15H16ClNO3S/c1-11-9-13(16)7-8-15(11)21(19,20)17-14(10-18)12-5-3-2-4-6-12/h2-9,14,17-18H,10H2,1H3/t14-/m0/s1. The minimum absolute atomic E-state index is 0.154. The van der Waals surface area contributed by atoms with Gasteiger partial charge in [-0.25, -0.2) is 13.1 Å². The van der Waals surface area contributed by atoms with Crippen LogP contribution in [-0.4, -0.2) is 20.1 Å². The molecule has 0 heterocycles. The predicted molar refractivity (Wildman–Crippen MR) is 82.8 cm³/mol. The SMILES string of the molecule is Cc1cc(Cl)ccc1S(=O)(=O)N[C@@H](CO)c1ccccc1. The number of benzene rings is 2. The van der Waals surface area contributed by atoms with Gasteiger partial charge >= 0.3 is 0 Å². The van der Waals surface area contributed by atoms with E-state index in [9.17, 15) is 13.5 Å². The van der Waals surface area contributed by atoms with Gasteiger partial charge in [0.05, 0.1) is 17.5 Å². The third-order valence-corrected chi connectivity index (χ3v) is 4.98. The Hall–Kier alpha value is -1.40. The van der Waals surface area contributed by atoms with Gasteiger partial charge in [-0.1, -0.05) is 41.9 Å². The average molecular weight is 326 g/mol. The van der Waals surface area contributed by atoms with E-state index < -0.39 is 16.1 Å². The molecule has 0 aliphatic heterocycles. The highest BCUT2D eigenvalue weighted by molar-refractivity contribution is 7.89. The maximum atomic E-state index is 12.4. The molecular formula is C15H16ClNO3S. The van der Waals surface area contributed by atoms with Crippen LogP contribution in [0.1, 0.15) is 17.2 Å². The van der Waals surface area contributed by atoms with Crippen LogP contribution in [0.4, 0.5) is 0 Å². The maximum absolute atomic E-state index is 12.4. The Labute approximate surface area is 129 Å². The first-order valence-corrected chi connectivity index (χ1v) is 8.24. The molecule has 112 valence electrons. The first-order valence-electron chi connectivity index (χ1n) is 6.38. The zero-order valence-electron chi connectivity index (χ0n) is 11.5. The Balaban J connectivity index is 2.32. The quantitative estimate of drug-likeness (QED) is 0.888. The second kappa shape index (κ2) is 6.58. The van der Waals surface area contributed by atoms with Crippen molar-refractivity contribution in [3.8, 4) is 0 Å². The van der Waals surface area contributed by atoms with Crippen LogP contribution in [0.25, 0.3) is 0 Å². The van der Waals surface area contributed by atoms with Gasteiger partial charge in [0.15, 0.2) is 0 Å². The number of rotatable bonds is 5. The lowest BCUT2D eigenvalue weighted by atomic mass is 10.1. The smallest absolute Gasteiger partial charge is 0.241 e. The second-order valence-corrected chi connectivity index (χ2v) is 6.80. The van der Waals surface area contributed by atoms with Gasteiger partial charge in [0.2, 0.25) is 10.0 Å². The summed E-state index contributed by atoms with van der Waals surface area (Å²) in [6.45, 7) is 1.35. The van der Waals surface area contributed by atoms with Crippen LogP contribution in [0.5, 0.6) is 0 Å². The minimum Gasteiger partial charge on any atom is -0.394 e. The summed E-state index contributed by atoms with van der Waals surface area (Å²) in [5.74, 6) is 0. The van der Waals surface area contributed by atoms with Gasteiger partial charge in [-0.2, -0.15) is 0 Å². The number of aryl methyl sites for hydroxylation is 1. The summed E-state index contributed by atoms with van der Waals surface area (Å²) < 4.78 is 27.4. The van der Waals surface area contributed by atoms with Crippen molar-refractivity contribution in [3.05, 3.63) is 64.7 Å². The van der Waals surface area contributed by atoms with Crippen LogP contribution >= 0.6 is 11.6 Å². The highest BCUT2D eigenvalue weighted by Gasteiger charge is 2.22. The van der Waals surface area contributed by atoms with Gasteiger partial charge in [0.1, 0.15) is 0 Å². The molecule has 2 aromatic rings. The lowest BCUT2D eigenvalue weighted by molar-refractivity contribution is 0.259. The van der Waals surface area contributed by atoms with Gasteiger partial charge in [-0.05, 0) is 36.2 Å². The van der Waals surface area contributed by atoms with Crippen LogP contribution in [-0.2, 0) is 10.0 Å². The summed E-state index contributed by atoms with van der Waals surface area (Å²) in [7, 11) is -3.74. The molecule has 0 aliphatic carbocycles. The number of nitrogens with one attached hydrogen (secondary N) is 1. The number of aliphatic hydroxyl groups excluding tert-OH is 1. The molecule has 21 heavy (non-hydrogen) atoms. The Morgan fingerprint density at radius 1 is 1.19 bits per heavy atom. The molecule has 0 aliphatic rings. The van der Waals surface area contributed by atoms with E-state index in [0.29, 0.717) is 16.1 Å². The predicted octanol–water partition coefficient (Wildman–Crippen LogP) is 2.66. The molecule has 0 aromatic heterocycles. The Kier molecular flexibility index (Phi) is 5.00. The Bertz CT molecular complexity index is 717. The van der Waals surface area contributed by atoms with Crippen molar-refractivity contribution < 1.29 is 13.5 Å². The van der Waals surface area contributed by atoms with Crippen molar-refractivity contribution in [2.75, 3.05) is 6.61 Å². The third kappa shape index (κ3) is 3.83. The van der Waals surface area contributed by atoms with E-state index in [1.807, 2.05) is 6.07 Å². The minimum atomic E-state index is -3.74. The molecule has 2 aromatic carbocycles. The number of aliphatic hydroxyl groups is 1. The van der Waals surface area contributed by atoms with Crippen LogP contribution in [0.3, 0.4) is 0 Å². The molecule has 0 unspecified atom stereocenters. The van der Waals surface area contributed by atoms with E-state index in [4.69, 9.17) is 11.6 Å². The van der Waals surface area contributed by atoms with Crippen molar-refractivity contribution in [2.24, 2.45) is 0 Å². The second-order valence-electron chi connectivity index (χ2n) is 4.68. The molecule has 0 radical (unpaired) electrons. The summed E-state index contributed by atoms with van der Waals surface area (Å²) >= 11 is 5.84. The first-order chi connectivity index (χ1) is 9.94. The molecule has 0 amide bonds. The van der Waals surface area contributed by atoms with E-state index in [-0.39, 0.29) is 11.5 Å². The molecule has 0 spiro atoms. The largest absolute Gasteiger partial charge is 0.394 e. The normalized spacial score (nSPS) is 13.1. The molecule has 0 bridgehead atoms. The van der Waals surface area contributed by atoms with Crippen LogP contribution in [0, 0.1) is 6.92 Å². The number of halogens is 1. The van der Waals surface area contributed by atoms with Crippen LogP contribution in [0.15, 0.2) is 53.4 Å². The van der Waals surface area contributed by atoms with E-state index in [1.165, 1.54) is 12.1 Å². The molecule has 2 N–H and O–H groups in total. The highest BCUT2D eigenvalue weighted by Crippen LogP contribution is 2.22. The fourth-order valence-electron chi connectivity index (χ4n) is 2.06. The van der Waals surface area contributed by atoms with Crippen molar-refractivity contribution >= 4 is 21.6 Å². The van der Waals surface area contributed by atoms with Crippen molar-refractivity contribution in [2.45, 2.75) is 17.9 Å². The van der Waals surface area contributed by atoms with Gasteiger partial charge in [0, 0.05) is 5.02 Å². The zero-order chi connectivity index (χ0) is 15.5. The van der Waals surface area contributed by atoms with Crippen molar-refractivity contribution in [1.29, 1.82) is 0 Å². The average Bonchev–Trinajstić information content (AvgIpc) is 2.45. The Morgan fingerprint density at radius 3 is 2.43 bits per heavy atom. The third-order valence-electron chi connectivity index (χ3n) is 3.11. The van der Waals surface area contributed by atoms with Crippen molar-refractivity contribution in [3.63, 3.8) is 0 Å². The molecule has 0 saturated heterocycles. The number of sulfonamides is 1. The fourth-order valence-corrected chi connectivity index (χ4v) is 3.73. The molecule has 0 saturated carbocycles. The first kappa shape index (κ1) is 16.0. The molecular weight excluding hydrogens is 310 g/mol. The monoisotopic (exact) mass is 325 g/mol. The summed E-state index contributed by atoms with van der Waals surface area (Å²) in [6, 6.07) is 12.8. The van der Waals surface area contributed by atoms with E-state index in [2.05, 4.69) is 4.72 Å². The van der Waals surface area contributed by atoms with Gasteiger partial charge < -0.3 is 5.11 Å². The van der Waals surface area contributed by atoms with E-state index >= 15 is 0 Å². The van der Waals surface area contributed by atoms with Gasteiger partial charge in [0.25, 0.3) is 0 Å². The Morgan fingerprint density at radius 2 is 1.86 bits per heavy atom. The topological polar surface area (TPSA) is 66.4 Å². The molecule has 1 atom stereocenters. The maximum Gasteiger partial charge on any atom is 0.241 e. The summed E-state index contributed by atoms with van der Waals surface area (Å²) in [5, 5.41) is 9.93. The van der Waals surface area contributed by atoms with Crippen LogP contribution in [0.2, 0.25) is 5.02 Å². The van der Waals surface area contributed by atoms with Crippen molar-refractivity contribution in [1.82, 2.24) is 4.72 Å². The molecule has 4 nitrogen and oxygen atoms in total. The molecule has 6 heteroatoms. The van der Waals surface area contributed by atoms with E-state index in [1.54, 1.807) is 37.3 Å². The summed E-state index contributed by atoms with van der Waals surface area (Å²) in [5.41, 5.74) is 1.26. The zero-order valence-corrected chi connectivity index (χ0v) is 13.0. The number of hydrogen-bond acceptors (Lipinski definition) is 3. The summed E-state index contributed by atoms with van der Waals surface area (Å²) in [6.07, 6.45) is 0. The van der Waals surface area contributed by atoms with Crippen LogP contribution < -0.4 is 4.72 Å². The fraction of sp³-hybridized carbons (Fsp3) is 0.200. The summed E-state index contributed by atoms with van der Waals surface area (Å²) in [4.78, 5) is 0.154. The van der Waals surface area contributed by atoms with Gasteiger partial charge in [-0.15, -0.1) is 0 Å². The lowest BCUT2D eigenvalue weighted by Crippen LogP contribution is -2.31. The van der Waals surface area contributed by atoms with E-state index in [0.717, 1.165) is 0 Å².